The molecule has 0 unspecified atom stereocenters. The molecule has 0 aliphatic heterocycles. The Kier molecular flexibility index (Phi) is 2.98. The number of hydrogen-bond donors (Lipinski definition) is 2. The maximum absolute atomic E-state index is 11.6. The number of nitrogens with one attached hydrogen (secondary N) is 1. The maximum atomic E-state index is 11.6. The first-order valence-corrected chi connectivity index (χ1v) is 6.25. The Balaban J connectivity index is 1.74. The summed E-state index contributed by atoms with van der Waals surface area (Å²) in [6, 6.07) is 8.38. The van der Waals surface area contributed by atoms with Gasteiger partial charge in [0.05, 0.1) is 0 Å². The summed E-state index contributed by atoms with van der Waals surface area (Å²) in [5.74, 6) is -1.15. The van der Waals surface area contributed by atoms with Crippen molar-refractivity contribution >= 4 is 17.6 Å². The molecule has 1 aliphatic carbocycles. The van der Waals surface area contributed by atoms with Crippen molar-refractivity contribution in [1.82, 2.24) is 5.16 Å². The second kappa shape index (κ2) is 4.80. The van der Waals surface area contributed by atoms with Crippen LogP contribution in [0.4, 0.5) is 5.69 Å². The van der Waals surface area contributed by atoms with Crippen molar-refractivity contribution in [2.45, 2.75) is 12.8 Å². The molecule has 6 heteroatoms. The fraction of sp³-hybridized carbons (Fsp3) is 0.214. The standard InChI is InChI=1S/C14H12N2O4/c17-13(9-1-2-9)15-10-5-3-8(4-6-10)11-7-12(14(18)19)20-16-11/h3-7,9H,1-2H2,(H,15,17)(H,18,19). The summed E-state index contributed by atoms with van der Waals surface area (Å²) in [4.78, 5) is 22.3. The summed E-state index contributed by atoms with van der Waals surface area (Å²) in [6.07, 6.45) is 1.92. The van der Waals surface area contributed by atoms with E-state index in [-0.39, 0.29) is 17.6 Å². The molecule has 1 aromatic carbocycles. The van der Waals surface area contributed by atoms with E-state index in [0.29, 0.717) is 11.4 Å². The lowest BCUT2D eigenvalue weighted by Gasteiger charge is -2.04. The number of aromatic carboxylic acids is 1. The van der Waals surface area contributed by atoms with E-state index in [4.69, 9.17) is 9.63 Å². The minimum Gasteiger partial charge on any atom is -0.475 e. The highest BCUT2D eigenvalue weighted by Gasteiger charge is 2.29. The van der Waals surface area contributed by atoms with Crippen LogP contribution in [0.15, 0.2) is 34.9 Å². The van der Waals surface area contributed by atoms with E-state index in [1.54, 1.807) is 24.3 Å². The van der Waals surface area contributed by atoms with E-state index in [1.807, 2.05) is 0 Å². The largest absolute Gasteiger partial charge is 0.475 e. The van der Waals surface area contributed by atoms with Crippen LogP contribution in [0.1, 0.15) is 23.4 Å². The molecule has 1 saturated carbocycles. The Labute approximate surface area is 114 Å². The first-order valence-electron chi connectivity index (χ1n) is 6.25. The third-order valence-electron chi connectivity index (χ3n) is 3.12. The van der Waals surface area contributed by atoms with Crippen molar-refractivity contribution in [1.29, 1.82) is 0 Å². The molecule has 0 spiro atoms. The highest BCUT2D eigenvalue weighted by Crippen LogP contribution is 2.30. The summed E-state index contributed by atoms with van der Waals surface area (Å²) < 4.78 is 4.70. The van der Waals surface area contributed by atoms with Crippen LogP contribution in [0.2, 0.25) is 0 Å². The molecular weight excluding hydrogens is 260 g/mol. The normalized spacial score (nSPS) is 14.0. The third kappa shape index (κ3) is 2.54. The van der Waals surface area contributed by atoms with Gasteiger partial charge in [-0.1, -0.05) is 17.3 Å². The molecule has 2 aromatic rings. The lowest BCUT2D eigenvalue weighted by molar-refractivity contribution is -0.117. The molecule has 1 amide bonds. The monoisotopic (exact) mass is 272 g/mol. The van der Waals surface area contributed by atoms with Crippen LogP contribution in [0.5, 0.6) is 0 Å². The van der Waals surface area contributed by atoms with Crippen molar-refractivity contribution < 1.29 is 19.2 Å². The number of aromatic nitrogens is 1. The quantitative estimate of drug-likeness (QED) is 0.891. The number of benzene rings is 1. The maximum Gasteiger partial charge on any atom is 0.374 e. The highest BCUT2D eigenvalue weighted by molar-refractivity contribution is 5.94. The number of amides is 1. The smallest absolute Gasteiger partial charge is 0.374 e. The van der Waals surface area contributed by atoms with Crippen LogP contribution in [-0.4, -0.2) is 22.1 Å². The predicted molar refractivity (Wildman–Crippen MR) is 70.3 cm³/mol. The average Bonchev–Trinajstić information content (AvgIpc) is 3.17. The molecule has 3 rings (SSSR count). The number of carbonyl (C=O) groups excluding carboxylic acids is 1. The molecular formula is C14H12N2O4. The van der Waals surface area contributed by atoms with Crippen LogP contribution in [-0.2, 0) is 4.79 Å². The Morgan fingerprint density at radius 1 is 1.25 bits per heavy atom. The Morgan fingerprint density at radius 3 is 2.50 bits per heavy atom. The summed E-state index contributed by atoms with van der Waals surface area (Å²) in [7, 11) is 0. The molecule has 1 aliphatic rings. The zero-order valence-corrected chi connectivity index (χ0v) is 10.5. The van der Waals surface area contributed by atoms with Crippen molar-refractivity contribution in [3.05, 3.63) is 36.1 Å². The van der Waals surface area contributed by atoms with Crippen molar-refractivity contribution in [2.75, 3.05) is 5.32 Å². The SMILES string of the molecule is O=C(O)c1cc(-c2ccc(NC(=O)C3CC3)cc2)no1. The van der Waals surface area contributed by atoms with Gasteiger partial charge in [-0.2, -0.15) is 0 Å². The fourth-order valence-corrected chi connectivity index (χ4v) is 1.83. The van der Waals surface area contributed by atoms with E-state index in [9.17, 15) is 9.59 Å². The van der Waals surface area contributed by atoms with Gasteiger partial charge in [-0.05, 0) is 25.0 Å². The zero-order valence-electron chi connectivity index (χ0n) is 10.5. The molecule has 0 bridgehead atoms. The molecule has 0 atom stereocenters. The van der Waals surface area contributed by atoms with Gasteiger partial charge in [-0.3, -0.25) is 4.79 Å². The van der Waals surface area contributed by atoms with Gasteiger partial charge in [0.1, 0.15) is 5.69 Å². The summed E-state index contributed by atoms with van der Waals surface area (Å²) in [5.41, 5.74) is 1.89. The number of anilines is 1. The Morgan fingerprint density at radius 2 is 1.95 bits per heavy atom. The van der Waals surface area contributed by atoms with Gasteiger partial charge in [0.2, 0.25) is 11.7 Å². The molecule has 20 heavy (non-hydrogen) atoms. The minimum atomic E-state index is -1.16. The van der Waals surface area contributed by atoms with Crippen molar-refractivity contribution in [3.8, 4) is 11.3 Å². The van der Waals surface area contributed by atoms with Gasteiger partial charge in [0.15, 0.2) is 0 Å². The van der Waals surface area contributed by atoms with Crippen LogP contribution in [0, 0.1) is 5.92 Å². The van der Waals surface area contributed by atoms with Crippen molar-refractivity contribution in [2.24, 2.45) is 5.92 Å². The number of rotatable bonds is 4. The number of carboxylic acids is 1. The van der Waals surface area contributed by atoms with Gasteiger partial charge >= 0.3 is 5.97 Å². The molecule has 1 aromatic heterocycles. The predicted octanol–water partition coefficient (Wildman–Crippen LogP) is 2.39. The second-order valence-electron chi connectivity index (χ2n) is 4.72. The van der Waals surface area contributed by atoms with Crippen LogP contribution < -0.4 is 5.32 Å². The first kappa shape index (κ1) is 12.4. The third-order valence-corrected chi connectivity index (χ3v) is 3.12. The number of carboxylic acid groups (broad SMARTS) is 1. The van der Waals surface area contributed by atoms with Gasteiger partial charge < -0.3 is 14.9 Å². The van der Waals surface area contributed by atoms with Gasteiger partial charge in [-0.25, -0.2) is 4.79 Å². The van der Waals surface area contributed by atoms with Crippen LogP contribution >= 0.6 is 0 Å². The number of carbonyl (C=O) groups is 2. The summed E-state index contributed by atoms with van der Waals surface area (Å²) in [6.45, 7) is 0. The van der Waals surface area contributed by atoms with E-state index >= 15 is 0 Å². The van der Waals surface area contributed by atoms with Crippen molar-refractivity contribution in [3.63, 3.8) is 0 Å². The van der Waals surface area contributed by atoms with Crippen LogP contribution in [0.25, 0.3) is 11.3 Å². The second-order valence-corrected chi connectivity index (χ2v) is 4.72. The highest BCUT2D eigenvalue weighted by atomic mass is 16.5. The summed E-state index contributed by atoms with van der Waals surface area (Å²) in [5, 5.41) is 15.3. The first-order chi connectivity index (χ1) is 9.63. The van der Waals surface area contributed by atoms with E-state index in [1.165, 1.54) is 6.07 Å². The molecule has 102 valence electrons. The van der Waals surface area contributed by atoms with E-state index in [2.05, 4.69) is 10.5 Å². The Hall–Kier alpha value is -2.63. The lowest BCUT2D eigenvalue weighted by Crippen LogP contribution is -2.12. The number of nitrogens with zero attached hydrogens (tertiary/aromatic N) is 1. The zero-order chi connectivity index (χ0) is 14.1. The lowest BCUT2D eigenvalue weighted by atomic mass is 10.1. The molecule has 1 heterocycles. The van der Waals surface area contributed by atoms with Gasteiger partial charge in [0.25, 0.3) is 0 Å². The average molecular weight is 272 g/mol. The molecule has 2 N–H and O–H groups in total. The Bertz CT molecular complexity index is 656. The molecule has 6 nitrogen and oxygen atoms in total. The summed E-state index contributed by atoms with van der Waals surface area (Å²) >= 11 is 0. The molecule has 1 fully saturated rings. The van der Waals surface area contributed by atoms with Crippen LogP contribution in [0.3, 0.4) is 0 Å². The number of hydrogen-bond acceptors (Lipinski definition) is 4. The molecule has 0 radical (unpaired) electrons. The fourth-order valence-electron chi connectivity index (χ4n) is 1.83. The minimum absolute atomic E-state index is 0.0485. The molecule has 0 saturated heterocycles. The van der Waals surface area contributed by atoms with E-state index in [0.717, 1.165) is 18.4 Å². The topological polar surface area (TPSA) is 92.4 Å². The van der Waals surface area contributed by atoms with Gasteiger partial charge in [-0.15, -0.1) is 0 Å². The van der Waals surface area contributed by atoms with Gasteiger partial charge in [0, 0.05) is 23.2 Å². The van der Waals surface area contributed by atoms with E-state index < -0.39 is 5.97 Å².